The van der Waals surface area contributed by atoms with Crippen LogP contribution in [0.1, 0.15) is 32.1 Å². The molecule has 0 heterocycles. The monoisotopic (exact) mass is 199 g/mol. The smallest absolute Gasteiger partial charge is 0.210 e. The summed E-state index contributed by atoms with van der Waals surface area (Å²) in [5.74, 6) is -0.848. The van der Waals surface area contributed by atoms with E-state index in [-0.39, 0.29) is 24.5 Å². The number of nitrogens with zero attached hydrogens (tertiary/aromatic N) is 1. The Hall–Kier alpha value is -1.26. The highest BCUT2D eigenvalue weighted by atomic mass is 16.6. The van der Waals surface area contributed by atoms with Gasteiger partial charge in [-0.15, -0.1) is 0 Å². The molecule has 14 heavy (non-hydrogen) atoms. The minimum absolute atomic E-state index is 0.0374. The SMILES string of the molecule is O=C1CCCCC1C(=O)CC[N+](=O)[O-]. The van der Waals surface area contributed by atoms with Gasteiger partial charge in [-0.25, -0.2) is 0 Å². The van der Waals surface area contributed by atoms with Crippen molar-refractivity contribution in [1.82, 2.24) is 0 Å². The Labute approximate surface area is 81.6 Å². The molecule has 0 aromatic rings. The highest BCUT2D eigenvalue weighted by Gasteiger charge is 2.28. The van der Waals surface area contributed by atoms with Crippen LogP contribution in [0.4, 0.5) is 0 Å². The summed E-state index contributed by atoms with van der Waals surface area (Å²) in [6.45, 7) is -0.359. The van der Waals surface area contributed by atoms with Crippen molar-refractivity contribution in [3.05, 3.63) is 10.1 Å². The minimum Gasteiger partial charge on any atom is -0.299 e. The summed E-state index contributed by atoms with van der Waals surface area (Å²) in [5.41, 5.74) is 0. The van der Waals surface area contributed by atoms with Crippen molar-refractivity contribution in [1.29, 1.82) is 0 Å². The first-order valence-corrected chi connectivity index (χ1v) is 4.78. The maximum absolute atomic E-state index is 11.4. The maximum Gasteiger partial charge on any atom is 0.210 e. The Morgan fingerprint density at radius 3 is 2.79 bits per heavy atom. The second-order valence-corrected chi connectivity index (χ2v) is 3.54. The standard InChI is InChI=1S/C9H13NO4/c11-8-4-2-1-3-7(8)9(12)5-6-10(13)14/h7H,1-6H2. The van der Waals surface area contributed by atoms with Gasteiger partial charge in [0.05, 0.1) is 12.3 Å². The number of hydrogen-bond acceptors (Lipinski definition) is 4. The summed E-state index contributed by atoms with van der Waals surface area (Å²) in [7, 11) is 0. The molecule has 1 aliphatic rings. The van der Waals surface area contributed by atoms with Crippen molar-refractivity contribution in [2.75, 3.05) is 6.54 Å². The van der Waals surface area contributed by atoms with Crippen LogP contribution in [0.2, 0.25) is 0 Å². The number of nitro groups is 1. The zero-order valence-corrected chi connectivity index (χ0v) is 7.90. The van der Waals surface area contributed by atoms with E-state index in [1.54, 1.807) is 0 Å². The zero-order chi connectivity index (χ0) is 10.6. The summed E-state index contributed by atoms with van der Waals surface area (Å²) in [6, 6.07) is 0. The second kappa shape index (κ2) is 4.83. The van der Waals surface area contributed by atoms with Gasteiger partial charge in [0.2, 0.25) is 6.54 Å². The van der Waals surface area contributed by atoms with Crippen LogP contribution in [0.5, 0.6) is 0 Å². The van der Waals surface area contributed by atoms with Gasteiger partial charge in [0.25, 0.3) is 0 Å². The van der Waals surface area contributed by atoms with Gasteiger partial charge in [-0.1, -0.05) is 6.42 Å². The molecule has 0 N–H and O–H groups in total. The molecule has 1 atom stereocenters. The molecule has 1 saturated carbocycles. The van der Waals surface area contributed by atoms with E-state index in [2.05, 4.69) is 0 Å². The lowest BCUT2D eigenvalue weighted by atomic mass is 9.84. The van der Waals surface area contributed by atoms with Gasteiger partial charge in [-0.3, -0.25) is 19.7 Å². The van der Waals surface area contributed by atoms with E-state index in [0.717, 1.165) is 12.8 Å². The molecule has 1 unspecified atom stereocenters. The lowest BCUT2D eigenvalue weighted by Crippen LogP contribution is -2.28. The predicted octanol–water partition coefficient (Wildman–Crippen LogP) is 0.982. The van der Waals surface area contributed by atoms with E-state index in [1.807, 2.05) is 0 Å². The van der Waals surface area contributed by atoms with Crippen LogP contribution < -0.4 is 0 Å². The Balaban J connectivity index is 2.42. The third-order valence-corrected chi connectivity index (χ3v) is 2.48. The fraction of sp³-hybridized carbons (Fsp3) is 0.778. The van der Waals surface area contributed by atoms with Gasteiger partial charge in [-0.2, -0.15) is 0 Å². The number of carbonyl (C=O) groups is 2. The van der Waals surface area contributed by atoms with E-state index >= 15 is 0 Å². The largest absolute Gasteiger partial charge is 0.299 e. The van der Waals surface area contributed by atoms with Crippen LogP contribution in [0.3, 0.4) is 0 Å². The highest BCUT2D eigenvalue weighted by Crippen LogP contribution is 2.22. The Kier molecular flexibility index (Phi) is 3.73. The van der Waals surface area contributed by atoms with Gasteiger partial charge >= 0.3 is 0 Å². The van der Waals surface area contributed by atoms with Crippen molar-refractivity contribution < 1.29 is 14.5 Å². The van der Waals surface area contributed by atoms with Gasteiger partial charge < -0.3 is 0 Å². The van der Waals surface area contributed by atoms with Crippen LogP contribution in [0, 0.1) is 16.0 Å². The Morgan fingerprint density at radius 2 is 2.21 bits per heavy atom. The van der Waals surface area contributed by atoms with Crippen molar-refractivity contribution in [3.8, 4) is 0 Å². The van der Waals surface area contributed by atoms with Crippen LogP contribution in [-0.2, 0) is 9.59 Å². The molecule has 1 fully saturated rings. The number of ketones is 2. The third-order valence-electron chi connectivity index (χ3n) is 2.48. The van der Waals surface area contributed by atoms with Crippen LogP contribution in [0.25, 0.3) is 0 Å². The summed E-state index contributed by atoms with van der Waals surface area (Å²) in [5, 5.41) is 10.0. The second-order valence-electron chi connectivity index (χ2n) is 3.54. The zero-order valence-electron chi connectivity index (χ0n) is 7.90. The van der Waals surface area contributed by atoms with E-state index < -0.39 is 10.8 Å². The van der Waals surface area contributed by atoms with E-state index in [1.165, 1.54) is 0 Å². The van der Waals surface area contributed by atoms with Crippen LogP contribution in [0.15, 0.2) is 0 Å². The molecule has 0 bridgehead atoms. The number of Topliss-reactive ketones (excluding diaryl/α,β-unsaturated/α-hetero) is 2. The van der Waals surface area contributed by atoms with Gasteiger partial charge in [-0.05, 0) is 12.8 Å². The van der Waals surface area contributed by atoms with E-state index in [0.29, 0.717) is 12.8 Å². The first kappa shape index (κ1) is 10.8. The molecule has 0 aromatic heterocycles. The summed E-state index contributed by atoms with van der Waals surface area (Å²) < 4.78 is 0. The third kappa shape index (κ3) is 2.90. The first-order chi connectivity index (χ1) is 6.61. The highest BCUT2D eigenvalue weighted by molar-refractivity contribution is 6.02. The van der Waals surface area contributed by atoms with Crippen molar-refractivity contribution in [2.45, 2.75) is 32.1 Å². The first-order valence-electron chi connectivity index (χ1n) is 4.78. The fourth-order valence-electron chi connectivity index (χ4n) is 1.70. The minimum atomic E-state index is -0.552. The molecule has 1 rings (SSSR count). The fourth-order valence-corrected chi connectivity index (χ4v) is 1.70. The number of rotatable bonds is 4. The van der Waals surface area contributed by atoms with Gasteiger partial charge in [0.15, 0.2) is 0 Å². The molecule has 0 saturated heterocycles. The molecule has 1 aliphatic carbocycles. The van der Waals surface area contributed by atoms with Crippen molar-refractivity contribution in [3.63, 3.8) is 0 Å². The van der Waals surface area contributed by atoms with Crippen molar-refractivity contribution >= 4 is 11.6 Å². The van der Waals surface area contributed by atoms with Gasteiger partial charge in [0.1, 0.15) is 11.6 Å². The summed E-state index contributed by atoms with van der Waals surface area (Å²) in [6.07, 6.45) is 2.64. The molecule has 0 radical (unpaired) electrons. The average Bonchev–Trinajstić information content (AvgIpc) is 2.15. The molecular weight excluding hydrogens is 186 g/mol. The van der Waals surface area contributed by atoms with Crippen LogP contribution >= 0.6 is 0 Å². The molecule has 5 nitrogen and oxygen atoms in total. The quantitative estimate of drug-likeness (QED) is 0.384. The lowest BCUT2D eigenvalue weighted by molar-refractivity contribution is -0.478. The number of hydrogen-bond donors (Lipinski definition) is 0. The predicted molar refractivity (Wildman–Crippen MR) is 48.5 cm³/mol. The average molecular weight is 199 g/mol. The molecular formula is C9H13NO4. The molecule has 78 valence electrons. The topological polar surface area (TPSA) is 77.3 Å². The normalized spacial score (nSPS) is 22.0. The maximum atomic E-state index is 11.4. The summed E-state index contributed by atoms with van der Waals surface area (Å²) in [4.78, 5) is 32.2. The molecule has 0 amide bonds. The van der Waals surface area contributed by atoms with Gasteiger partial charge in [0, 0.05) is 11.3 Å². The number of carbonyl (C=O) groups excluding carboxylic acids is 2. The van der Waals surface area contributed by atoms with E-state index in [9.17, 15) is 19.7 Å². The summed E-state index contributed by atoms with van der Waals surface area (Å²) >= 11 is 0. The molecule has 0 aliphatic heterocycles. The Bertz CT molecular complexity index is 262. The molecule has 0 spiro atoms. The van der Waals surface area contributed by atoms with Crippen molar-refractivity contribution in [2.24, 2.45) is 5.92 Å². The molecule has 5 heteroatoms. The van der Waals surface area contributed by atoms with E-state index in [4.69, 9.17) is 0 Å². The van der Waals surface area contributed by atoms with Crippen LogP contribution in [-0.4, -0.2) is 23.0 Å². The lowest BCUT2D eigenvalue weighted by Gasteiger charge is -2.18. The Morgan fingerprint density at radius 1 is 1.50 bits per heavy atom. The molecule has 0 aromatic carbocycles.